The van der Waals surface area contributed by atoms with Crippen molar-refractivity contribution >= 4 is 22.7 Å². The van der Waals surface area contributed by atoms with Gasteiger partial charge in [-0.15, -0.1) is 0 Å². The van der Waals surface area contributed by atoms with Crippen molar-refractivity contribution in [2.75, 3.05) is 37.6 Å². The number of aromatic amines is 1. The molecule has 5 heteroatoms. The number of carbonyl (C=O) groups excluding carboxylic acids is 1. The molecule has 1 saturated heterocycles. The highest BCUT2D eigenvalue weighted by atomic mass is 16.4. The maximum Gasteiger partial charge on any atom is 0.275 e. The number of aromatic nitrogens is 1. The number of nitrogens with one attached hydrogen (secondary N) is 2. The summed E-state index contributed by atoms with van der Waals surface area (Å²) in [6.45, 7) is 3.48. The van der Waals surface area contributed by atoms with Gasteiger partial charge in [0.05, 0.1) is 5.97 Å². The van der Waals surface area contributed by atoms with Gasteiger partial charge in [0.2, 0.25) is 0 Å². The van der Waals surface area contributed by atoms with Crippen LogP contribution in [0.5, 0.6) is 0 Å². The first-order valence-electron chi connectivity index (χ1n) is 6.92. The zero-order valence-corrected chi connectivity index (χ0v) is 11.3. The smallest absolute Gasteiger partial charge is 0.275 e. The highest BCUT2D eigenvalue weighted by molar-refractivity contribution is 5.76. The van der Waals surface area contributed by atoms with Gasteiger partial charge < -0.3 is 14.8 Å². The van der Waals surface area contributed by atoms with Crippen LogP contribution in [-0.2, 0) is 4.79 Å². The normalized spacial score (nSPS) is 16.5. The van der Waals surface area contributed by atoms with Crippen LogP contribution >= 0.6 is 0 Å². The van der Waals surface area contributed by atoms with Crippen molar-refractivity contribution in [3.63, 3.8) is 0 Å². The summed E-state index contributed by atoms with van der Waals surface area (Å²) < 4.78 is 0. The Balaban J connectivity index is 1.71. The Morgan fingerprint density at radius 2 is 1.95 bits per heavy atom. The van der Waals surface area contributed by atoms with Gasteiger partial charge in [-0.2, -0.15) is 0 Å². The van der Waals surface area contributed by atoms with Gasteiger partial charge in [-0.3, -0.25) is 4.90 Å². The summed E-state index contributed by atoms with van der Waals surface area (Å²) in [6.07, 6.45) is 0. The molecular formula is C15H18N3O2+. The van der Waals surface area contributed by atoms with Gasteiger partial charge in [0.25, 0.3) is 5.82 Å². The molecule has 2 N–H and O–H groups in total. The van der Waals surface area contributed by atoms with Gasteiger partial charge >= 0.3 is 0 Å². The lowest BCUT2D eigenvalue weighted by atomic mass is 10.2. The number of nitrogens with zero attached hydrogens (tertiary/aromatic N) is 1. The van der Waals surface area contributed by atoms with Crippen molar-refractivity contribution < 1.29 is 19.8 Å². The molecular weight excluding hydrogens is 254 g/mol. The molecule has 0 amide bonds. The second-order valence-electron chi connectivity index (χ2n) is 5.22. The monoisotopic (exact) mass is 272 g/mol. The highest BCUT2D eigenvalue weighted by Gasteiger charge is 2.25. The number of anilines is 1. The fourth-order valence-corrected chi connectivity index (χ4v) is 2.73. The number of pyridine rings is 1. The molecule has 5 nitrogen and oxygen atoms in total. The first-order valence-corrected chi connectivity index (χ1v) is 6.92. The number of carboxylic acid groups (broad SMARTS) is 1. The van der Waals surface area contributed by atoms with Crippen molar-refractivity contribution in [2.24, 2.45) is 0 Å². The lowest BCUT2D eigenvalue weighted by Gasteiger charge is -2.28. The molecule has 2 aromatic rings. The molecule has 0 unspecified atom stereocenters. The Labute approximate surface area is 117 Å². The molecule has 0 atom stereocenters. The summed E-state index contributed by atoms with van der Waals surface area (Å²) in [7, 11) is 0. The molecule has 104 valence electrons. The van der Waals surface area contributed by atoms with E-state index >= 15 is 0 Å². The van der Waals surface area contributed by atoms with Crippen molar-refractivity contribution in [3.05, 3.63) is 36.4 Å². The van der Waals surface area contributed by atoms with Gasteiger partial charge in [-0.25, -0.2) is 4.98 Å². The highest BCUT2D eigenvalue weighted by Crippen LogP contribution is 2.13. The Kier molecular flexibility index (Phi) is 3.52. The number of carbonyl (C=O) groups is 1. The second-order valence-corrected chi connectivity index (χ2v) is 5.22. The lowest BCUT2D eigenvalue weighted by molar-refractivity contribution is -0.895. The molecule has 20 heavy (non-hydrogen) atoms. The van der Waals surface area contributed by atoms with Crippen molar-refractivity contribution in [2.45, 2.75) is 0 Å². The van der Waals surface area contributed by atoms with Gasteiger partial charge in [0.15, 0.2) is 0 Å². The Bertz CT molecular complexity index is 621. The number of piperazine rings is 1. The predicted molar refractivity (Wildman–Crippen MR) is 73.3 cm³/mol. The molecule has 1 aromatic heterocycles. The number of rotatable bonds is 3. The topological polar surface area (TPSA) is 61.9 Å². The van der Waals surface area contributed by atoms with E-state index < -0.39 is 5.97 Å². The van der Waals surface area contributed by atoms with Crippen LogP contribution in [0.15, 0.2) is 36.4 Å². The lowest BCUT2D eigenvalue weighted by Crippen LogP contribution is -3.16. The third-order valence-corrected chi connectivity index (χ3v) is 3.85. The Hall–Kier alpha value is -2.14. The van der Waals surface area contributed by atoms with Crippen molar-refractivity contribution in [3.8, 4) is 0 Å². The van der Waals surface area contributed by atoms with Crippen LogP contribution in [-0.4, -0.2) is 38.7 Å². The van der Waals surface area contributed by atoms with Crippen molar-refractivity contribution in [1.82, 2.24) is 0 Å². The number of fused-ring (bicyclic) bond motifs is 1. The standard InChI is InChI=1S/C15H17N3O2/c19-15(20)11-17-7-9-18(10-8-17)14-6-5-12-3-1-2-4-13(12)16-14/h1-6H,7-11H2,(H,19,20)/p+1. The quantitative estimate of drug-likeness (QED) is 0.710. The number of para-hydroxylation sites is 1. The maximum atomic E-state index is 10.6. The van der Waals surface area contributed by atoms with Crippen LogP contribution in [0.4, 0.5) is 5.82 Å². The molecule has 2 heterocycles. The van der Waals surface area contributed by atoms with E-state index in [1.807, 2.05) is 12.1 Å². The summed E-state index contributed by atoms with van der Waals surface area (Å²) in [4.78, 5) is 17.4. The van der Waals surface area contributed by atoms with Crippen molar-refractivity contribution in [1.29, 1.82) is 0 Å². The minimum Gasteiger partial charge on any atom is -0.544 e. The van der Waals surface area contributed by atoms with Gasteiger partial charge in [-0.05, 0) is 12.1 Å². The molecule has 1 aliphatic rings. The van der Waals surface area contributed by atoms with E-state index in [1.165, 1.54) is 5.39 Å². The molecule has 1 fully saturated rings. The molecule has 0 bridgehead atoms. The molecule has 0 radical (unpaired) electrons. The summed E-state index contributed by atoms with van der Waals surface area (Å²) >= 11 is 0. The zero-order valence-electron chi connectivity index (χ0n) is 11.3. The molecule has 0 saturated carbocycles. The average molecular weight is 272 g/mol. The molecule has 0 spiro atoms. The van der Waals surface area contributed by atoms with E-state index in [1.54, 1.807) is 0 Å². The zero-order chi connectivity index (χ0) is 13.9. The summed E-state index contributed by atoms with van der Waals surface area (Å²) in [5.41, 5.74) is 1.12. The maximum absolute atomic E-state index is 10.6. The number of H-pyrrole nitrogens is 1. The number of quaternary nitrogens is 1. The van der Waals surface area contributed by atoms with E-state index in [4.69, 9.17) is 0 Å². The van der Waals surface area contributed by atoms with Crippen LogP contribution in [0.2, 0.25) is 0 Å². The second kappa shape index (κ2) is 5.46. The van der Waals surface area contributed by atoms with E-state index in [0.717, 1.165) is 42.4 Å². The molecule has 1 aromatic carbocycles. The number of hydrogen-bond acceptors (Lipinski definition) is 3. The number of benzene rings is 1. The first kappa shape index (κ1) is 12.9. The Morgan fingerprint density at radius 3 is 2.70 bits per heavy atom. The number of carboxylic acids is 1. The van der Waals surface area contributed by atoms with Crippen LogP contribution in [0.25, 0.3) is 10.9 Å². The molecule has 3 rings (SSSR count). The predicted octanol–water partition coefficient (Wildman–Crippen LogP) is -1.89. The minimum absolute atomic E-state index is 0.106. The summed E-state index contributed by atoms with van der Waals surface area (Å²) in [6, 6.07) is 12.4. The van der Waals surface area contributed by atoms with E-state index in [-0.39, 0.29) is 6.54 Å². The van der Waals surface area contributed by atoms with Crippen LogP contribution in [0, 0.1) is 0 Å². The van der Waals surface area contributed by atoms with Gasteiger partial charge in [0.1, 0.15) is 38.2 Å². The number of aliphatic carboxylic acids is 1. The molecule has 1 aliphatic heterocycles. The first-order chi connectivity index (χ1) is 9.72. The third-order valence-electron chi connectivity index (χ3n) is 3.85. The van der Waals surface area contributed by atoms with Gasteiger partial charge in [0, 0.05) is 11.5 Å². The molecule has 0 aliphatic carbocycles. The van der Waals surface area contributed by atoms with Crippen LogP contribution < -0.4 is 19.9 Å². The largest absolute Gasteiger partial charge is 0.544 e. The minimum atomic E-state index is -0.967. The Morgan fingerprint density at radius 1 is 1.20 bits per heavy atom. The van der Waals surface area contributed by atoms with Gasteiger partial charge in [-0.1, -0.05) is 18.2 Å². The van der Waals surface area contributed by atoms with Crippen LogP contribution in [0.1, 0.15) is 0 Å². The summed E-state index contributed by atoms with van der Waals surface area (Å²) in [5, 5.41) is 11.8. The van der Waals surface area contributed by atoms with E-state index in [2.05, 4.69) is 34.1 Å². The van der Waals surface area contributed by atoms with E-state index in [0.29, 0.717) is 0 Å². The number of hydrogen-bond donors (Lipinski definition) is 1. The SMILES string of the molecule is O=C([O-])C[NH+]1CCN(c2ccc3ccccc3[nH+]2)CC1. The third kappa shape index (κ3) is 2.72. The fourth-order valence-electron chi connectivity index (χ4n) is 2.73. The average Bonchev–Trinajstić information content (AvgIpc) is 2.47. The van der Waals surface area contributed by atoms with Crippen LogP contribution in [0.3, 0.4) is 0 Å². The fraction of sp³-hybridized carbons (Fsp3) is 0.333. The van der Waals surface area contributed by atoms with E-state index in [9.17, 15) is 9.90 Å². The summed E-state index contributed by atoms with van der Waals surface area (Å²) in [5.74, 6) is 0.127.